The topological polar surface area (TPSA) is 56.3 Å². The molecule has 0 aliphatic rings. The molecule has 0 saturated heterocycles. The maximum atomic E-state index is 11.8. The van der Waals surface area contributed by atoms with Crippen LogP contribution in [0.5, 0.6) is 5.75 Å². The lowest BCUT2D eigenvalue weighted by Gasteiger charge is -2.04. The third-order valence-electron chi connectivity index (χ3n) is 2.43. The minimum atomic E-state index is -0.528. The number of rotatable bonds is 3. The Morgan fingerprint density at radius 2 is 1.68 bits per heavy atom. The zero-order chi connectivity index (χ0) is 13.8. The van der Waals surface area contributed by atoms with Crippen LogP contribution in [0.1, 0.15) is 27.6 Å². The molecule has 2 rings (SSSR count). The molecule has 0 N–H and O–H groups in total. The molecule has 19 heavy (non-hydrogen) atoms. The van der Waals surface area contributed by atoms with Gasteiger partial charge >= 0.3 is 5.97 Å². The largest absolute Gasteiger partial charge is 0.423 e. The van der Waals surface area contributed by atoms with Crippen LogP contribution in [0.3, 0.4) is 0 Å². The number of esters is 1. The zero-order valence-electron chi connectivity index (χ0n) is 10.1. The van der Waals surface area contributed by atoms with Crippen LogP contribution in [0.4, 0.5) is 0 Å². The number of halogens is 1. The number of aromatic nitrogens is 1. The van der Waals surface area contributed by atoms with Gasteiger partial charge in [-0.25, -0.2) is 9.78 Å². The van der Waals surface area contributed by atoms with Crippen LogP contribution in [0, 0.1) is 0 Å². The van der Waals surface area contributed by atoms with Gasteiger partial charge in [-0.2, -0.15) is 0 Å². The molecule has 1 heterocycles. The summed E-state index contributed by atoms with van der Waals surface area (Å²) in [4.78, 5) is 26.7. The fraction of sp³-hybridized carbons (Fsp3) is 0.0714. The van der Waals surface area contributed by atoms with Gasteiger partial charge in [0.2, 0.25) is 0 Å². The summed E-state index contributed by atoms with van der Waals surface area (Å²) < 4.78 is 5.14. The summed E-state index contributed by atoms with van der Waals surface area (Å²) >= 11 is 5.63. The van der Waals surface area contributed by atoms with E-state index in [9.17, 15) is 9.59 Å². The lowest BCUT2D eigenvalue weighted by molar-refractivity contribution is 0.0734. The maximum absolute atomic E-state index is 11.8. The number of hydrogen-bond donors (Lipinski definition) is 0. The number of ketones is 1. The molecule has 0 aliphatic heterocycles. The van der Waals surface area contributed by atoms with Crippen molar-refractivity contribution in [3.05, 3.63) is 58.9 Å². The summed E-state index contributed by atoms with van der Waals surface area (Å²) in [6.45, 7) is 1.47. The predicted molar refractivity (Wildman–Crippen MR) is 70.7 cm³/mol. The molecule has 0 saturated carbocycles. The van der Waals surface area contributed by atoms with Gasteiger partial charge in [0.1, 0.15) is 10.9 Å². The minimum Gasteiger partial charge on any atom is -0.423 e. The molecule has 2 aromatic rings. The third kappa shape index (κ3) is 3.39. The Balaban J connectivity index is 2.10. The number of carbonyl (C=O) groups excluding carboxylic acids is 2. The van der Waals surface area contributed by atoms with Crippen LogP contribution >= 0.6 is 11.6 Å². The van der Waals surface area contributed by atoms with Gasteiger partial charge in [-0.3, -0.25) is 4.79 Å². The summed E-state index contributed by atoms with van der Waals surface area (Å²) in [5.74, 6) is -0.204. The average Bonchev–Trinajstić information content (AvgIpc) is 2.40. The van der Waals surface area contributed by atoms with E-state index >= 15 is 0 Å². The van der Waals surface area contributed by atoms with E-state index in [4.69, 9.17) is 16.3 Å². The van der Waals surface area contributed by atoms with Gasteiger partial charge < -0.3 is 4.74 Å². The smallest absolute Gasteiger partial charge is 0.345 e. The molecule has 96 valence electrons. The van der Waals surface area contributed by atoms with Crippen molar-refractivity contribution in [3.63, 3.8) is 0 Å². The van der Waals surface area contributed by atoms with E-state index in [1.165, 1.54) is 25.3 Å². The molecule has 1 aromatic carbocycles. The normalized spacial score (nSPS) is 10.0. The second-order valence-corrected chi connectivity index (χ2v) is 4.23. The monoisotopic (exact) mass is 275 g/mol. The Kier molecular flexibility index (Phi) is 3.92. The van der Waals surface area contributed by atoms with Crippen molar-refractivity contribution in [1.82, 2.24) is 4.98 Å². The molecular weight excluding hydrogens is 266 g/mol. The van der Waals surface area contributed by atoms with Gasteiger partial charge in [0, 0.05) is 11.8 Å². The second-order valence-electron chi connectivity index (χ2n) is 3.84. The van der Waals surface area contributed by atoms with E-state index in [1.807, 2.05) is 0 Å². The Bertz CT molecular complexity index is 606. The van der Waals surface area contributed by atoms with E-state index in [2.05, 4.69) is 4.98 Å². The van der Waals surface area contributed by atoms with Gasteiger partial charge in [-0.1, -0.05) is 11.6 Å². The molecule has 0 amide bonds. The summed E-state index contributed by atoms with van der Waals surface area (Å²) in [5.41, 5.74) is 0.869. The first-order valence-electron chi connectivity index (χ1n) is 5.51. The Morgan fingerprint density at radius 1 is 1.05 bits per heavy atom. The van der Waals surface area contributed by atoms with Crippen molar-refractivity contribution >= 4 is 23.4 Å². The van der Waals surface area contributed by atoms with Crippen LogP contribution in [-0.4, -0.2) is 16.7 Å². The molecule has 0 radical (unpaired) electrons. The van der Waals surface area contributed by atoms with Crippen molar-refractivity contribution in [3.8, 4) is 5.75 Å². The predicted octanol–water partition coefficient (Wildman–Crippen LogP) is 3.16. The van der Waals surface area contributed by atoms with Crippen LogP contribution < -0.4 is 4.74 Å². The standard InChI is InChI=1S/C14H10ClNO3/c1-9(17)10-2-5-12(6-3-10)19-14(18)11-4-7-13(15)16-8-11/h2-8H,1H3. The van der Waals surface area contributed by atoms with Gasteiger partial charge in [0.05, 0.1) is 5.56 Å². The first-order chi connectivity index (χ1) is 9.06. The highest BCUT2D eigenvalue weighted by molar-refractivity contribution is 6.29. The van der Waals surface area contributed by atoms with Crippen LogP contribution in [0.15, 0.2) is 42.6 Å². The molecule has 1 aromatic heterocycles. The van der Waals surface area contributed by atoms with Crippen molar-refractivity contribution < 1.29 is 14.3 Å². The van der Waals surface area contributed by atoms with E-state index < -0.39 is 5.97 Å². The molecule has 0 unspecified atom stereocenters. The fourth-order valence-electron chi connectivity index (χ4n) is 1.42. The first kappa shape index (κ1) is 13.2. The molecular formula is C14H10ClNO3. The Hall–Kier alpha value is -2.20. The number of Topliss-reactive ketones (excluding diaryl/α,β-unsaturated/α-hetero) is 1. The highest BCUT2D eigenvalue weighted by Gasteiger charge is 2.09. The van der Waals surface area contributed by atoms with Gasteiger partial charge in [-0.15, -0.1) is 0 Å². The van der Waals surface area contributed by atoms with Crippen molar-refractivity contribution in [2.75, 3.05) is 0 Å². The number of nitrogens with zero attached hydrogens (tertiary/aromatic N) is 1. The maximum Gasteiger partial charge on any atom is 0.345 e. The van der Waals surface area contributed by atoms with Gasteiger partial charge in [0.25, 0.3) is 0 Å². The summed E-state index contributed by atoms with van der Waals surface area (Å²) in [6, 6.07) is 9.38. The molecule has 0 spiro atoms. The molecule has 0 aliphatic carbocycles. The van der Waals surface area contributed by atoms with Crippen molar-refractivity contribution in [2.45, 2.75) is 6.92 Å². The highest BCUT2D eigenvalue weighted by atomic mass is 35.5. The van der Waals surface area contributed by atoms with E-state index in [1.54, 1.807) is 24.3 Å². The summed E-state index contributed by atoms with van der Waals surface area (Å²) in [7, 11) is 0. The minimum absolute atomic E-state index is 0.0419. The Morgan fingerprint density at radius 3 is 2.21 bits per heavy atom. The van der Waals surface area contributed by atoms with Crippen LogP contribution in [-0.2, 0) is 0 Å². The lowest BCUT2D eigenvalue weighted by Crippen LogP contribution is -2.08. The molecule has 0 atom stereocenters. The molecule has 5 heteroatoms. The van der Waals surface area contributed by atoms with E-state index in [0.717, 1.165) is 0 Å². The van der Waals surface area contributed by atoms with E-state index in [-0.39, 0.29) is 5.78 Å². The summed E-state index contributed by atoms with van der Waals surface area (Å²) in [6.07, 6.45) is 1.34. The summed E-state index contributed by atoms with van der Waals surface area (Å²) in [5, 5.41) is 0.308. The Labute approximate surface area is 115 Å². The van der Waals surface area contributed by atoms with Gasteiger partial charge in [-0.05, 0) is 43.3 Å². The highest BCUT2D eigenvalue weighted by Crippen LogP contribution is 2.15. The number of carbonyl (C=O) groups is 2. The van der Waals surface area contributed by atoms with Crippen LogP contribution in [0.2, 0.25) is 5.15 Å². The SMILES string of the molecule is CC(=O)c1ccc(OC(=O)c2ccc(Cl)nc2)cc1. The number of hydrogen-bond acceptors (Lipinski definition) is 4. The van der Waals surface area contributed by atoms with E-state index in [0.29, 0.717) is 22.0 Å². The van der Waals surface area contributed by atoms with Gasteiger partial charge in [0.15, 0.2) is 5.78 Å². The first-order valence-corrected chi connectivity index (χ1v) is 5.89. The molecule has 0 bridgehead atoms. The average molecular weight is 276 g/mol. The number of ether oxygens (including phenoxy) is 1. The van der Waals surface area contributed by atoms with Crippen LogP contribution in [0.25, 0.3) is 0 Å². The quantitative estimate of drug-likeness (QED) is 0.374. The molecule has 0 fully saturated rings. The fourth-order valence-corrected chi connectivity index (χ4v) is 1.53. The molecule has 4 nitrogen and oxygen atoms in total. The second kappa shape index (κ2) is 5.63. The number of pyridine rings is 1. The van der Waals surface area contributed by atoms with Crippen molar-refractivity contribution in [2.24, 2.45) is 0 Å². The third-order valence-corrected chi connectivity index (χ3v) is 2.66. The lowest BCUT2D eigenvalue weighted by atomic mass is 10.1. The number of benzene rings is 1. The zero-order valence-corrected chi connectivity index (χ0v) is 10.8. The van der Waals surface area contributed by atoms with Crippen molar-refractivity contribution in [1.29, 1.82) is 0 Å².